The smallest absolute Gasteiger partial charge is 0.323 e. The largest absolute Gasteiger partial charge is 0.324 e. The molecule has 0 saturated carbocycles. The van der Waals surface area contributed by atoms with Gasteiger partial charge in [-0.2, -0.15) is 0 Å². The Morgan fingerprint density at radius 3 is 3.00 bits per heavy atom. The van der Waals surface area contributed by atoms with Crippen molar-refractivity contribution < 1.29 is 4.79 Å². The first-order chi connectivity index (χ1) is 12.1. The van der Waals surface area contributed by atoms with Gasteiger partial charge < -0.3 is 9.80 Å². The van der Waals surface area contributed by atoms with Crippen molar-refractivity contribution in [3.8, 4) is 0 Å². The summed E-state index contributed by atoms with van der Waals surface area (Å²) in [4.78, 5) is 25.1. The van der Waals surface area contributed by atoms with E-state index in [0.717, 1.165) is 38.3 Å². The fourth-order valence-corrected chi connectivity index (χ4v) is 3.28. The van der Waals surface area contributed by atoms with Gasteiger partial charge in [-0.1, -0.05) is 12.1 Å². The quantitative estimate of drug-likeness (QED) is 0.910. The second-order valence-corrected chi connectivity index (χ2v) is 6.75. The van der Waals surface area contributed by atoms with Crippen molar-refractivity contribution in [3.63, 3.8) is 0 Å². The monoisotopic (exact) mass is 339 g/mol. The molecule has 0 bridgehead atoms. The molecule has 25 heavy (non-hydrogen) atoms. The third-order valence-corrected chi connectivity index (χ3v) is 4.44. The Morgan fingerprint density at radius 2 is 2.24 bits per heavy atom. The number of nitrogens with zero attached hydrogens (tertiary/aromatic N) is 4. The van der Waals surface area contributed by atoms with E-state index in [9.17, 15) is 4.79 Å². The minimum atomic E-state index is -0.0597. The molecule has 0 aromatic carbocycles. The molecule has 1 N–H and O–H groups in total. The van der Waals surface area contributed by atoms with Crippen LogP contribution in [0.2, 0.25) is 0 Å². The Balaban J connectivity index is 1.47. The van der Waals surface area contributed by atoms with Gasteiger partial charge >= 0.3 is 6.03 Å². The summed E-state index contributed by atoms with van der Waals surface area (Å²) in [6, 6.07) is 9.63. The molecule has 0 unspecified atom stereocenters. The fraction of sp³-hybridized carbons (Fsp3) is 0.421. The Morgan fingerprint density at radius 1 is 1.36 bits per heavy atom. The van der Waals surface area contributed by atoms with Crippen molar-refractivity contribution in [2.45, 2.75) is 19.9 Å². The molecule has 2 aromatic heterocycles. The summed E-state index contributed by atoms with van der Waals surface area (Å²) in [6.07, 6.45) is 4.73. The maximum absolute atomic E-state index is 12.4. The number of aryl methyl sites for hydroxylation is 1. The van der Waals surface area contributed by atoms with Gasteiger partial charge in [-0.3, -0.25) is 10.3 Å². The number of hydrogen-bond acceptors (Lipinski definition) is 4. The number of anilines is 1. The molecule has 132 valence electrons. The molecule has 0 radical (unpaired) electrons. The van der Waals surface area contributed by atoms with E-state index in [1.807, 2.05) is 42.3 Å². The standard InChI is InChI=1S/C19H25N5O/c1-15-5-3-7-18(21-15)22-19(25)24-10-8-17(14-24)13-23(2)12-16-6-4-9-20-11-16/h3-7,9,11,17H,8,10,12-14H2,1-2H3,(H,21,22,25)/t17-/m0/s1. The first kappa shape index (κ1) is 17.4. The molecule has 1 fully saturated rings. The number of urea groups is 1. The number of hydrogen-bond donors (Lipinski definition) is 1. The van der Waals surface area contributed by atoms with E-state index in [1.165, 1.54) is 5.56 Å². The van der Waals surface area contributed by atoms with E-state index in [2.05, 4.69) is 33.3 Å². The summed E-state index contributed by atoms with van der Waals surface area (Å²) in [6.45, 7) is 5.35. The predicted octanol–water partition coefficient (Wildman–Crippen LogP) is 2.77. The van der Waals surface area contributed by atoms with Gasteiger partial charge in [0, 0.05) is 44.3 Å². The predicted molar refractivity (Wildman–Crippen MR) is 98.2 cm³/mol. The Hall–Kier alpha value is -2.47. The first-order valence-electron chi connectivity index (χ1n) is 8.67. The lowest BCUT2D eigenvalue weighted by Crippen LogP contribution is -2.34. The molecular formula is C19H25N5O. The number of pyridine rings is 2. The van der Waals surface area contributed by atoms with E-state index < -0.39 is 0 Å². The molecule has 6 nitrogen and oxygen atoms in total. The van der Waals surface area contributed by atoms with Gasteiger partial charge in [0.25, 0.3) is 0 Å². The number of amides is 2. The van der Waals surface area contributed by atoms with Crippen LogP contribution in [0.4, 0.5) is 10.6 Å². The van der Waals surface area contributed by atoms with E-state index in [-0.39, 0.29) is 6.03 Å². The van der Waals surface area contributed by atoms with Crippen molar-refractivity contribution in [1.82, 2.24) is 19.8 Å². The van der Waals surface area contributed by atoms with Gasteiger partial charge in [0.15, 0.2) is 0 Å². The molecule has 1 aliphatic heterocycles. The molecule has 0 spiro atoms. The molecule has 1 atom stereocenters. The normalized spacial score (nSPS) is 17.1. The van der Waals surface area contributed by atoms with Crippen LogP contribution in [-0.2, 0) is 6.54 Å². The summed E-state index contributed by atoms with van der Waals surface area (Å²) in [5.74, 6) is 1.11. The third-order valence-electron chi connectivity index (χ3n) is 4.44. The van der Waals surface area contributed by atoms with Crippen LogP contribution < -0.4 is 5.32 Å². The first-order valence-corrected chi connectivity index (χ1v) is 8.67. The van der Waals surface area contributed by atoms with Crippen molar-refractivity contribution in [3.05, 3.63) is 54.0 Å². The van der Waals surface area contributed by atoms with E-state index in [4.69, 9.17) is 0 Å². The number of rotatable bonds is 5. The van der Waals surface area contributed by atoms with Crippen molar-refractivity contribution in [1.29, 1.82) is 0 Å². The average Bonchev–Trinajstić information content (AvgIpc) is 3.04. The van der Waals surface area contributed by atoms with Crippen LogP contribution >= 0.6 is 0 Å². The number of likely N-dealkylation sites (tertiary alicyclic amines) is 1. The van der Waals surface area contributed by atoms with Crippen LogP contribution in [0, 0.1) is 12.8 Å². The van der Waals surface area contributed by atoms with Crippen molar-refractivity contribution in [2.75, 3.05) is 32.0 Å². The van der Waals surface area contributed by atoms with Gasteiger partial charge in [0.2, 0.25) is 0 Å². The molecule has 6 heteroatoms. The summed E-state index contributed by atoms with van der Waals surface area (Å²) < 4.78 is 0. The molecule has 2 aromatic rings. The summed E-state index contributed by atoms with van der Waals surface area (Å²) in [7, 11) is 2.12. The zero-order chi connectivity index (χ0) is 17.6. The third kappa shape index (κ3) is 5.00. The van der Waals surface area contributed by atoms with Crippen LogP contribution in [0.3, 0.4) is 0 Å². The van der Waals surface area contributed by atoms with Crippen LogP contribution in [0.5, 0.6) is 0 Å². The highest BCUT2D eigenvalue weighted by Crippen LogP contribution is 2.19. The summed E-state index contributed by atoms with van der Waals surface area (Å²) in [5, 5.41) is 2.89. The number of aromatic nitrogens is 2. The maximum atomic E-state index is 12.4. The average molecular weight is 339 g/mol. The molecule has 1 aliphatic rings. The Bertz CT molecular complexity index is 706. The van der Waals surface area contributed by atoms with Crippen LogP contribution in [0.15, 0.2) is 42.7 Å². The highest BCUT2D eigenvalue weighted by atomic mass is 16.2. The lowest BCUT2D eigenvalue weighted by atomic mass is 10.1. The van der Waals surface area contributed by atoms with Gasteiger partial charge in [-0.05, 0) is 50.1 Å². The molecule has 0 aliphatic carbocycles. The Kier molecular flexibility index (Phi) is 5.60. The SMILES string of the molecule is Cc1cccc(NC(=O)N2CC[C@@H](CN(C)Cc3cccnc3)C2)n1. The molecule has 3 heterocycles. The van der Waals surface area contributed by atoms with Gasteiger partial charge in [0.1, 0.15) is 5.82 Å². The summed E-state index contributed by atoms with van der Waals surface area (Å²) >= 11 is 0. The maximum Gasteiger partial charge on any atom is 0.323 e. The van der Waals surface area contributed by atoms with E-state index >= 15 is 0 Å². The minimum Gasteiger partial charge on any atom is -0.324 e. The van der Waals surface area contributed by atoms with Gasteiger partial charge in [-0.15, -0.1) is 0 Å². The fourth-order valence-electron chi connectivity index (χ4n) is 3.28. The van der Waals surface area contributed by atoms with Gasteiger partial charge in [0.05, 0.1) is 0 Å². The summed E-state index contributed by atoms with van der Waals surface area (Å²) in [5.41, 5.74) is 2.11. The topological polar surface area (TPSA) is 61.4 Å². The number of carbonyl (C=O) groups excluding carboxylic acids is 1. The lowest BCUT2D eigenvalue weighted by Gasteiger charge is -2.21. The second kappa shape index (κ2) is 8.07. The highest BCUT2D eigenvalue weighted by Gasteiger charge is 2.27. The van der Waals surface area contributed by atoms with Gasteiger partial charge in [-0.25, -0.2) is 9.78 Å². The lowest BCUT2D eigenvalue weighted by molar-refractivity contribution is 0.216. The van der Waals surface area contributed by atoms with Crippen LogP contribution in [0.25, 0.3) is 0 Å². The van der Waals surface area contributed by atoms with Crippen LogP contribution in [-0.4, -0.2) is 52.5 Å². The second-order valence-electron chi connectivity index (χ2n) is 6.75. The molecule has 1 saturated heterocycles. The van der Waals surface area contributed by atoms with Crippen molar-refractivity contribution in [2.24, 2.45) is 5.92 Å². The van der Waals surface area contributed by atoms with Crippen molar-refractivity contribution >= 4 is 11.8 Å². The number of carbonyl (C=O) groups is 1. The number of nitrogens with one attached hydrogen (secondary N) is 1. The van der Waals surface area contributed by atoms with E-state index in [0.29, 0.717) is 11.7 Å². The van der Waals surface area contributed by atoms with Crippen LogP contribution in [0.1, 0.15) is 17.7 Å². The zero-order valence-corrected chi connectivity index (χ0v) is 14.9. The molecular weight excluding hydrogens is 314 g/mol. The van der Waals surface area contributed by atoms with E-state index in [1.54, 1.807) is 6.20 Å². The minimum absolute atomic E-state index is 0.0597. The molecule has 3 rings (SSSR count). The zero-order valence-electron chi connectivity index (χ0n) is 14.9. The Labute approximate surface area is 148 Å². The molecule has 2 amide bonds. The highest BCUT2D eigenvalue weighted by molar-refractivity contribution is 5.88.